The molecule has 0 unspecified atom stereocenters. The fourth-order valence-corrected chi connectivity index (χ4v) is 0.701. The fraction of sp³-hybridized carbons (Fsp3) is 1.00. The van der Waals surface area contributed by atoms with Gasteiger partial charge in [-0.1, -0.05) is 0 Å². The lowest BCUT2D eigenvalue weighted by Gasteiger charge is -1.85. The SMILES string of the molecule is O=[SH]B1CCOO1. The summed E-state index contributed by atoms with van der Waals surface area (Å²) in [6.07, 6.45) is 0.533. The van der Waals surface area contributed by atoms with E-state index in [-0.39, 0.29) is 17.7 Å². The van der Waals surface area contributed by atoms with Crippen molar-refractivity contribution < 1.29 is 13.9 Å². The third-order valence-electron chi connectivity index (χ3n) is 0.745. The van der Waals surface area contributed by atoms with Gasteiger partial charge in [0.05, 0.1) is 6.61 Å². The summed E-state index contributed by atoms with van der Waals surface area (Å²) in [5.41, 5.74) is 0. The lowest BCUT2D eigenvalue weighted by atomic mass is 9.96. The van der Waals surface area contributed by atoms with Crippen molar-refractivity contribution in [1.29, 1.82) is 0 Å². The summed E-state index contributed by atoms with van der Waals surface area (Å²) in [6.45, 7) is 0.569. The fourth-order valence-electron chi connectivity index (χ4n) is 0.394. The quantitative estimate of drug-likeness (QED) is 0.284. The Hall–Kier alpha value is 0.135. The first-order valence-corrected chi connectivity index (χ1v) is 2.92. The Morgan fingerprint density at radius 2 is 2.57 bits per heavy atom. The van der Waals surface area contributed by atoms with E-state index < -0.39 is 0 Å². The van der Waals surface area contributed by atoms with Gasteiger partial charge in [-0.2, -0.15) is 0 Å². The van der Waals surface area contributed by atoms with Gasteiger partial charge in [0.2, 0.25) is 0 Å². The van der Waals surface area contributed by atoms with E-state index in [1.165, 1.54) is 0 Å². The number of thiol groups is 1. The molecule has 0 bridgehead atoms. The van der Waals surface area contributed by atoms with Crippen LogP contribution in [0.25, 0.3) is 0 Å². The second-order valence-electron chi connectivity index (χ2n) is 1.27. The highest BCUT2D eigenvalue weighted by Crippen LogP contribution is 2.03. The van der Waals surface area contributed by atoms with E-state index in [9.17, 15) is 4.21 Å². The van der Waals surface area contributed by atoms with Gasteiger partial charge in [-0.25, -0.2) is 0 Å². The van der Waals surface area contributed by atoms with Crippen molar-refractivity contribution in [3.05, 3.63) is 0 Å². The highest BCUT2D eigenvalue weighted by atomic mass is 32.1. The molecule has 1 rings (SSSR count). The summed E-state index contributed by atoms with van der Waals surface area (Å²) in [5, 5.41) is 0. The average molecular weight is 120 g/mol. The van der Waals surface area contributed by atoms with Crippen molar-refractivity contribution in [3.63, 3.8) is 0 Å². The number of hydrogen-bond acceptors (Lipinski definition) is 3. The molecule has 0 spiro atoms. The van der Waals surface area contributed by atoms with Gasteiger partial charge in [-0.15, -0.1) is 0 Å². The third-order valence-corrected chi connectivity index (χ3v) is 1.32. The summed E-state index contributed by atoms with van der Waals surface area (Å²) in [4.78, 5) is 8.92. The smallest absolute Gasteiger partial charge is 0.287 e. The molecular formula is C2H5BO3S. The van der Waals surface area contributed by atoms with Crippen LogP contribution in [-0.4, -0.2) is 17.0 Å². The molecular weight excluding hydrogens is 115 g/mol. The van der Waals surface area contributed by atoms with Gasteiger partial charge >= 0.3 is 6.19 Å². The highest BCUT2D eigenvalue weighted by molar-refractivity contribution is 7.97. The minimum Gasteiger partial charge on any atom is -0.287 e. The molecule has 1 heterocycles. The second kappa shape index (κ2) is 2.44. The molecule has 1 saturated heterocycles. The first kappa shape index (κ1) is 5.28. The van der Waals surface area contributed by atoms with E-state index in [1.54, 1.807) is 0 Å². The minimum atomic E-state index is -0.208. The Labute approximate surface area is 45.4 Å². The zero-order valence-electron chi connectivity index (χ0n) is 3.66. The minimum absolute atomic E-state index is 0.0247. The summed E-state index contributed by atoms with van der Waals surface area (Å²) < 4.78 is 9.90. The lowest BCUT2D eigenvalue weighted by molar-refractivity contribution is -0.182. The van der Waals surface area contributed by atoms with Crippen molar-refractivity contribution >= 4 is 17.7 Å². The molecule has 0 aromatic carbocycles. The van der Waals surface area contributed by atoms with Crippen molar-refractivity contribution in [2.75, 3.05) is 6.61 Å². The molecule has 1 fully saturated rings. The maximum absolute atomic E-state index is 9.90. The zero-order chi connectivity index (χ0) is 5.11. The van der Waals surface area contributed by atoms with Crippen molar-refractivity contribution in [2.45, 2.75) is 6.32 Å². The standard InChI is InChI=1S/C2H5BO3S/c4-7-3-1-2-5-6-3/h7H,1-2H2. The molecule has 0 N–H and O–H groups in total. The van der Waals surface area contributed by atoms with Gasteiger partial charge in [-0.05, 0) is 6.32 Å². The predicted octanol–water partition coefficient (Wildman–Crippen LogP) is -0.618. The number of rotatable bonds is 1. The molecule has 5 heteroatoms. The van der Waals surface area contributed by atoms with E-state index in [0.717, 1.165) is 6.32 Å². The summed E-state index contributed by atoms with van der Waals surface area (Å²) in [5.74, 6) is 0. The van der Waals surface area contributed by atoms with Crippen LogP contribution in [0, 0.1) is 0 Å². The maximum atomic E-state index is 9.90. The van der Waals surface area contributed by atoms with Crippen LogP contribution in [0.2, 0.25) is 6.32 Å². The predicted molar refractivity (Wildman–Crippen MR) is 27.1 cm³/mol. The summed E-state index contributed by atoms with van der Waals surface area (Å²) >= 11 is 0.0247. The topological polar surface area (TPSA) is 35.5 Å². The molecule has 0 aromatic rings. The molecule has 0 amide bonds. The van der Waals surface area contributed by atoms with Crippen molar-refractivity contribution in [3.8, 4) is 0 Å². The van der Waals surface area contributed by atoms with E-state index in [2.05, 4.69) is 9.69 Å². The van der Waals surface area contributed by atoms with Gasteiger partial charge < -0.3 is 0 Å². The van der Waals surface area contributed by atoms with Gasteiger partial charge in [0.25, 0.3) is 0 Å². The average Bonchev–Trinajstić information content (AvgIpc) is 2.14. The van der Waals surface area contributed by atoms with Crippen LogP contribution in [-0.2, 0) is 21.2 Å². The molecule has 1 aliphatic heterocycles. The Morgan fingerprint density at radius 1 is 1.71 bits per heavy atom. The first-order chi connectivity index (χ1) is 3.43. The van der Waals surface area contributed by atoms with Gasteiger partial charge in [0.1, 0.15) is 0 Å². The van der Waals surface area contributed by atoms with Crippen LogP contribution in [0.3, 0.4) is 0 Å². The van der Waals surface area contributed by atoms with Gasteiger partial charge in [0, 0.05) is 11.5 Å². The zero-order valence-corrected chi connectivity index (χ0v) is 4.56. The molecule has 0 aliphatic carbocycles. The molecule has 3 nitrogen and oxygen atoms in total. The van der Waals surface area contributed by atoms with E-state index in [4.69, 9.17) is 0 Å². The van der Waals surface area contributed by atoms with Crippen molar-refractivity contribution in [2.24, 2.45) is 0 Å². The van der Waals surface area contributed by atoms with Gasteiger partial charge in [0.15, 0.2) is 0 Å². The van der Waals surface area contributed by atoms with Crippen molar-refractivity contribution in [1.82, 2.24) is 0 Å². The normalized spacial score (nSPS) is 20.9. The van der Waals surface area contributed by atoms with E-state index in [1.807, 2.05) is 0 Å². The molecule has 1 aliphatic rings. The molecule has 40 valence electrons. The van der Waals surface area contributed by atoms with Crippen LogP contribution in [0.15, 0.2) is 0 Å². The highest BCUT2D eigenvalue weighted by Gasteiger charge is 2.21. The molecule has 0 atom stereocenters. The largest absolute Gasteiger partial charge is 0.437 e. The molecule has 0 radical (unpaired) electrons. The molecule has 0 saturated carbocycles. The molecule has 7 heavy (non-hydrogen) atoms. The number of hydrogen-bond donors (Lipinski definition) is 1. The first-order valence-electron chi connectivity index (χ1n) is 2.04. The van der Waals surface area contributed by atoms with Gasteiger partial charge in [-0.3, -0.25) is 13.9 Å². The Morgan fingerprint density at radius 3 is 2.86 bits per heavy atom. The second-order valence-corrected chi connectivity index (χ2v) is 2.05. The lowest BCUT2D eigenvalue weighted by Crippen LogP contribution is -2.06. The summed E-state index contributed by atoms with van der Waals surface area (Å²) in [6, 6.07) is 0. The van der Waals surface area contributed by atoms with Crippen LogP contribution in [0.5, 0.6) is 0 Å². The van der Waals surface area contributed by atoms with Crippen LogP contribution >= 0.6 is 0 Å². The third kappa shape index (κ3) is 1.26. The summed E-state index contributed by atoms with van der Waals surface area (Å²) in [7, 11) is 0. The van der Waals surface area contributed by atoms with E-state index >= 15 is 0 Å². The van der Waals surface area contributed by atoms with Crippen LogP contribution < -0.4 is 0 Å². The molecule has 0 aromatic heterocycles. The Kier molecular flexibility index (Phi) is 1.84. The Balaban J connectivity index is 2.26. The monoisotopic (exact) mass is 120 g/mol. The Bertz CT molecular complexity index is 71.3. The van der Waals surface area contributed by atoms with Crippen LogP contribution in [0.1, 0.15) is 0 Å². The maximum Gasteiger partial charge on any atom is 0.437 e. The van der Waals surface area contributed by atoms with E-state index in [0.29, 0.717) is 6.61 Å². The van der Waals surface area contributed by atoms with Crippen LogP contribution in [0.4, 0.5) is 0 Å².